The maximum Gasteiger partial charge on any atom is 0.244 e. The van der Waals surface area contributed by atoms with E-state index in [0.717, 1.165) is 42.9 Å². The lowest BCUT2D eigenvalue weighted by molar-refractivity contribution is 0.159. The van der Waals surface area contributed by atoms with Crippen molar-refractivity contribution in [2.24, 2.45) is 0 Å². The summed E-state index contributed by atoms with van der Waals surface area (Å²) >= 11 is 1.61. The third-order valence-electron chi connectivity index (χ3n) is 5.74. The van der Waals surface area contributed by atoms with Crippen molar-refractivity contribution >= 4 is 27.0 Å². The summed E-state index contributed by atoms with van der Waals surface area (Å²) in [7, 11) is -3.57. The Morgan fingerprint density at radius 1 is 1.00 bits per heavy atom. The van der Waals surface area contributed by atoms with Crippen LogP contribution in [0.15, 0.2) is 70.9 Å². The Hall–Kier alpha value is -2.19. The number of hydrogen-bond acceptors (Lipinski definition) is 5. The van der Waals surface area contributed by atoms with Gasteiger partial charge in [0.05, 0.1) is 5.69 Å². The van der Waals surface area contributed by atoms with E-state index in [4.69, 9.17) is 0 Å². The number of rotatable bonds is 3. The van der Waals surface area contributed by atoms with Gasteiger partial charge in [0.15, 0.2) is 0 Å². The summed E-state index contributed by atoms with van der Waals surface area (Å²) < 4.78 is 29.1. The van der Waals surface area contributed by atoms with Gasteiger partial charge in [0.1, 0.15) is 10.6 Å². The third-order valence-corrected chi connectivity index (χ3v) is 8.23. The van der Waals surface area contributed by atoms with E-state index < -0.39 is 15.7 Å². The summed E-state index contributed by atoms with van der Waals surface area (Å²) in [6.45, 7) is 2.57. The Labute approximate surface area is 175 Å². The first-order valence-electron chi connectivity index (χ1n) is 9.79. The van der Waals surface area contributed by atoms with Crippen molar-refractivity contribution in [2.45, 2.75) is 29.9 Å². The normalized spacial score (nSPS) is 20.1. The number of fused-ring (bicyclic) bond motifs is 1. The summed E-state index contributed by atoms with van der Waals surface area (Å²) in [5.74, 6) is 0. The van der Waals surface area contributed by atoms with E-state index in [9.17, 15) is 8.42 Å². The minimum absolute atomic E-state index is 0.334. The van der Waals surface area contributed by atoms with Crippen molar-refractivity contribution < 1.29 is 8.42 Å². The molecule has 0 aliphatic carbocycles. The highest BCUT2D eigenvalue weighted by Gasteiger charge is 2.43. The summed E-state index contributed by atoms with van der Waals surface area (Å²) in [4.78, 5) is 3.78. The first-order valence-corrected chi connectivity index (χ1v) is 12.2. The van der Waals surface area contributed by atoms with Crippen LogP contribution in [0.4, 0.5) is 5.69 Å². The molecule has 2 N–H and O–H groups in total. The fourth-order valence-corrected chi connectivity index (χ4v) is 6.50. The van der Waals surface area contributed by atoms with E-state index in [1.165, 1.54) is 5.56 Å². The predicted octanol–water partition coefficient (Wildman–Crippen LogP) is 4.11. The Balaban J connectivity index is 1.35. The maximum absolute atomic E-state index is 13.1. The second-order valence-electron chi connectivity index (χ2n) is 7.76. The zero-order valence-electron chi connectivity index (χ0n) is 16.0. The van der Waals surface area contributed by atoms with E-state index in [-0.39, 0.29) is 0 Å². The molecule has 1 spiro atoms. The van der Waals surface area contributed by atoms with Gasteiger partial charge in [-0.05, 0) is 47.5 Å². The Kier molecular flexibility index (Phi) is 4.70. The molecule has 0 amide bonds. The van der Waals surface area contributed by atoms with Crippen LogP contribution in [-0.4, -0.2) is 32.1 Å². The maximum atomic E-state index is 13.1. The van der Waals surface area contributed by atoms with Crippen molar-refractivity contribution in [3.05, 3.63) is 71.6 Å². The van der Waals surface area contributed by atoms with Gasteiger partial charge in [-0.1, -0.05) is 42.5 Å². The van der Waals surface area contributed by atoms with Crippen molar-refractivity contribution in [1.82, 2.24) is 9.62 Å². The summed E-state index contributed by atoms with van der Waals surface area (Å²) in [6.07, 6.45) is 1.45. The molecule has 2 aromatic carbocycles. The van der Waals surface area contributed by atoms with Crippen LogP contribution in [0.3, 0.4) is 0 Å². The molecule has 150 valence electrons. The SMILES string of the molecule is O=S1(=O)NC2(CCN(Cc3ccccc3)CC2)Nc2ccc(-c3cccs3)cc21. The average molecular weight is 426 g/mol. The molecule has 3 aromatic rings. The Bertz CT molecular complexity index is 1100. The number of piperidine rings is 1. The van der Waals surface area contributed by atoms with Gasteiger partial charge in [0.25, 0.3) is 0 Å². The number of thiophene rings is 1. The van der Waals surface area contributed by atoms with Gasteiger partial charge in [-0.25, -0.2) is 8.42 Å². The topological polar surface area (TPSA) is 61.4 Å². The highest BCUT2D eigenvalue weighted by Crippen LogP contribution is 2.38. The van der Waals surface area contributed by atoms with Gasteiger partial charge >= 0.3 is 0 Å². The zero-order valence-corrected chi connectivity index (χ0v) is 17.6. The molecule has 0 atom stereocenters. The van der Waals surface area contributed by atoms with E-state index in [1.807, 2.05) is 35.7 Å². The zero-order chi connectivity index (χ0) is 19.9. The fraction of sp³-hybridized carbons (Fsp3) is 0.273. The number of nitrogens with one attached hydrogen (secondary N) is 2. The van der Waals surface area contributed by atoms with Gasteiger partial charge < -0.3 is 5.32 Å². The molecule has 0 radical (unpaired) electrons. The first kappa shape index (κ1) is 18.8. The van der Waals surface area contributed by atoms with Gasteiger partial charge in [-0.3, -0.25) is 4.90 Å². The molecule has 1 saturated heterocycles. The molecule has 3 heterocycles. The smallest absolute Gasteiger partial charge is 0.244 e. The summed E-state index contributed by atoms with van der Waals surface area (Å²) in [6, 6.07) is 20.1. The van der Waals surface area contributed by atoms with Crippen molar-refractivity contribution in [3.8, 4) is 10.4 Å². The number of likely N-dealkylation sites (tertiary alicyclic amines) is 1. The highest BCUT2D eigenvalue weighted by molar-refractivity contribution is 7.89. The van der Waals surface area contributed by atoms with Crippen LogP contribution >= 0.6 is 11.3 Å². The van der Waals surface area contributed by atoms with Gasteiger partial charge in [0.2, 0.25) is 10.0 Å². The number of nitrogens with zero attached hydrogens (tertiary/aromatic N) is 1. The average Bonchev–Trinajstić information content (AvgIpc) is 3.25. The summed E-state index contributed by atoms with van der Waals surface area (Å²) in [5.41, 5.74) is 2.30. The molecule has 0 bridgehead atoms. The van der Waals surface area contributed by atoms with Gasteiger partial charge in [0, 0.05) is 24.5 Å². The quantitative estimate of drug-likeness (QED) is 0.663. The molecular weight excluding hydrogens is 402 g/mol. The fourth-order valence-electron chi connectivity index (χ4n) is 4.20. The molecule has 1 aromatic heterocycles. The van der Waals surface area contributed by atoms with E-state index in [0.29, 0.717) is 10.6 Å². The lowest BCUT2D eigenvalue weighted by atomic mass is 9.96. The number of hydrogen-bond donors (Lipinski definition) is 2. The molecule has 2 aliphatic rings. The predicted molar refractivity (Wildman–Crippen MR) is 117 cm³/mol. The number of sulfonamides is 1. The first-order chi connectivity index (χ1) is 14.0. The largest absolute Gasteiger partial charge is 0.365 e. The van der Waals surface area contributed by atoms with Crippen molar-refractivity contribution in [2.75, 3.05) is 18.4 Å². The second kappa shape index (κ2) is 7.25. The molecule has 5 nitrogen and oxygen atoms in total. The molecular formula is C22H23N3O2S2. The Morgan fingerprint density at radius 3 is 2.52 bits per heavy atom. The van der Waals surface area contributed by atoms with Gasteiger partial charge in [-0.2, -0.15) is 4.72 Å². The standard InChI is InChI=1S/C22H23N3O2S2/c26-29(27)21-15-18(20-7-4-14-28-20)8-9-19(21)23-22(24-29)10-12-25(13-11-22)16-17-5-2-1-3-6-17/h1-9,14-15,23-24H,10-13,16H2. The van der Waals surface area contributed by atoms with Crippen LogP contribution in [0, 0.1) is 0 Å². The number of anilines is 1. The third kappa shape index (κ3) is 3.71. The number of benzene rings is 2. The molecule has 1 fully saturated rings. The highest BCUT2D eigenvalue weighted by atomic mass is 32.2. The molecule has 0 unspecified atom stereocenters. The molecule has 29 heavy (non-hydrogen) atoms. The van der Waals surface area contributed by atoms with Crippen molar-refractivity contribution in [1.29, 1.82) is 0 Å². The van der Waals surface area contributed by atoms with Crippen LogP contribution in [0.2, 0.25) is 0 Å². The molecule has 2 aliphatic heterocycles. The van der Waals surface area contributed by atoms with E-state index in [2.05, 4.69) is 39.2 Å². The minimum atomic E-state index is -3.57. The van der Waals surface area contributed by atoms with Crippen LogP contribution < -0.4 is 10.0 Å². The van der Waals surface area contributed by atoms with Crippen LogP contribution in [0.1, 0.15) is 18.4 Å². The molecule has 5 rings (SSSR count). The van der Waals surface area contributed by atoms with Gasteiger partial charge in [-0.15, -0.1) is 11.3 Å². The summed E-state index contributed by atoms with van der Waals surface area (Å²) in [5, 5.41) is 5.51. The lowest BCUT2D eigenvalue weighted by Crippen LogP contribution is -2.61. The minimum Gasteiger partial charge on any atom is -0.365 e. The Morgan fingerprint density at radius 2 is 1.79 bits per heavy atom. The van der Waals surface area contributed by atoms with Crippen LogP contribution in [0.25, 0.3) is 10.4 Å². The lowest BCUT2D eigenvalue weighted by Gasteiger charge is -2.45. The second-order valence-corrected chi connectivity index (χ2v) is 10.4. The van der Waals surface area contributed by atoms with Crippen molar-refractivity contribution in [3.63, 3.8) is 0 Å². The van der Waals surface area contributed by atoms with Crippen LogP contribution in [0.5, 0.6) is 0 Å². The monoisotopic (exact) mass is 425 g/mol. The van der Waals surface area contributed by atoms with E-state index >= 15 is 0 Å². The molecule has 0 saturated carbocycles. The van der Waals surface area contributed by atoms with Crippen LogP contribution in [-0.2, 0) is 16.6 Å². The molecule has 7 heteroatoms. The van der Waals surface area contributed by atoms with E-state index in [1.54, 1.807) is 17.4 Å².